The molecule has 92 valence electrons. The van der Waals surface area contributed by atoms with Crippen molar-refractivity contribution in [3.05, 3.63) is 11.8 Å². The number of rotatable bonds is 5. The van der Waals surface area contributed by atoms with Gasteiger partial charge in [-0.25, -0.2) is 0 Å². The number of hydrogen-bond donors (Lipinski definition) is 4. The van der Waals surface area contributed by atoms with Gasteiger partial charge in [0.15, 0.2) is 0 Å². The van der Waals surface area contributed by atoms with Gasteiger partial charge in [0.1, 0.15) is 24.5 Å². The van der Waals surface area contributed by atoms with E-state index >= 15 is 0 Å². The first-order valence-electron chi connectivity index (χ1n) is 4.56. The standard InChI is InChI=1S/C8H12N6O3/c9-5(15)2-14(3-6(10)16)8(17)4-1-12-13-7(4)11/h1H,2-3H2,(H2,9,15)(H2,10,16)(H3,11,12,13). The number of nitrogen functional groups attached to an aromatic ring is 1. The van der Waals surface area contributed by atoms with Gasteiger partial charge in [-0.2, -0.15) is 5.10 Å². The lowest BCUT2D eigenvalue weighted by Crippen LogP contribution is -2.43. The molecule has 0 fully saturated rings. The van der Waals surface area contributed by atoms with Gasteiger partial charge in [-0.1, -0.05) is 0 Å². The number of nitrogens with one attached hydrogen (secondary N) is 1. The van der Waals surface area contributed by atoms with Gasteiger partial charge in [-0.05, 0) is 0 Å². The second-order valence-corrected chi connectivity index (χ2v) is 3.29. The summed E-state index contributed by atoms with van der Waals surface area (Å²) in [5, 5.41) is 5.91. The summed E-state index contributed by atoms with van der Waals surface area (Å²) in [6.07, 6.45) is 1.19. The van der Waals surface area contributed by atoms with Crippen LogP contribution in [-0.2, 0) is 9.59 Å². The molecular formula is C8H12N6O3. The van der Waals surface area contributed by atoms with Gasteiger partial charge in [0, 0.05) is 0 Å². The van der Waals surface area contributed by atoms with Gasteiger partial charge >= 0.3 is 0 Å². The molecule has 0 unspecified atom stereocenters. The summed E-state index contributed by atoms with van der Waals surface area (Å²) in [5.41, 5.74) is 15.4. The molecule has 9 nitrogen and oxygen atoms in total. The van der Waals surface area contributed by atoms with Gasteiger partial charge in [0.05, 0.1) is 6.20 Å². The molecule has 0 aliphatic rings. The highest BCUT2D eigenvalue weighted by atomic mass is 16.2. The highest BCUT2D eigenvalue weighted by molar-refractivity contribution is 6.01. The zero-order valence-electron chi connectivity index (χ0n) is 8.84. The fourth-order valence-corrected chi connectivity index (χ4v) is 1.21. The number of carbonyl (C=O) groups excluding carboxylic acids is 3. The summed E-state index contributed by atoms with van der Waals surface area (Å²) in [7, 11) is 0. The lowest BCUT2D eigenvalue weighted by atomic mass is 10.2. The lowest BCUT2D eigenvalue weighted by Gasteiger charge is -2.18. The maximum absolute atomic E-state index is 11.9. The summed E-state index contributed by atoms with van der Waals surface area (Å²) in [5.74, 6) is -2.13. The minimum absolute atomic E-state index is 0.0361. The maximum Gasteiger partial charge on any atom is 0.260 e. The first kappa shape index (κ1) is 12.5. The molecule has 3 amide bonds. The normalized spacial score (nSPS) is 9.88. The molecule has 1 aromatic heterocycles. The Morgan fingerprint density at radius 2 is 1.76 bits per heavy atom. The van der Waals surface area contributed by atoms with Crippen LogP contribution < -0.4 is 17.2 Å². The topological polar surface area (TPSA) is 161 Å². The molecule has 0 saturated carbocycles. The zero-order valence-corrected chi connectivity index (χ0v) is 8.84. The van der Waals surface area contributed by atoms with Crippen molar-refractivity contribution < 1.29 is 14.4 Å². The van der Waals surface area contributed by atoms with E-state index in [9.17, 15) is 14.4 Å². The van der Waals surface area contributed by atoms with Gasteiger partial charge in [0.2, 0.25) is 11.8 Å². The molecule has 0 saturated heterocycles. The first-order chi connectivity index (χ1) is 7.91. The third kappa shape index (κ3) is 3.19. The average molecular weight is 240 g/mol. The van der Waals surface area contributed by atoms with Crippen molar-refractivity contribution in [1.82, 2.24) is 15.1 Å². The number of nitrogens with zero attached hydrogens (tertiary/aromatic N) is 2. The van der Waals surface area contributed by atoms with Crippen LogP contribution in [0, 0.1) is 0 Å². The van der Waals surface area contributed by atoms with Crippen LogP contribution in [0.1, 0.15) is 10.4 Å². The summed E-state index contributed by atoms with van der Waals surface area (Å²) in [4.78, 5) is 34.3. The van der Waals surface area contributed by atoms with Crippen molar-refractivity contribution in [2.24, 2.45) is 11.5 Å². The summed E-state index contributed by atoms with van der Waals surface area (Å²) >= 11 is 0. The molecule has 0 aromatic carbocycles. The number of H-pyrrole nitrogens is 1. The third-order valence-corrected chi connectivity index (χ3v) is 1.88. The lowest BCUT2D eigenvalue weighted by molar-refractivity contribution is -0.121. The Morgan fingerprint density at radius 3 is 2.12 bits per heavy atom. The summed E-state index contributed by atoms with van der Waals surface area (Å²) < 4.78 is 0. The van der Waals surface area contributed by atoms with Crippen molar-refractivity contribution in [3.8, 4) is 0 Å². The molecule has 9 heteroatoms. The Kier molecular flexibility index (Phi) is 3.65. The van der Waals surface area contributed by atoms with E-state index in [0.29, 0.717) is 0 Å². The van der Waals surface area contributed by atoms with E-state index in [4.69, 9.17) is 17.2 Å². The maximum atomic E-state index is 11.9. The van der Waals surface area contributed by atoms with E-state index in [0.717, 1.165) is 4.90 Å². The van der Waals surface area contributed by atoms with Crippen LogP contribution in [0.4, 0.5) is 5.82 Å². The van der Waals surface area contributed by atoms with Gasteiger partial charge < -0.3 is 22.1 Å². The molecule has 1 rings (SSSR count). The van der Waals surface area contributed by atoms with E-state index in [1.807, 2.05) is 0 Å². The van der Waals surface area contributed by atoms with Crippen molar-refractivity contribution in [1.29, 1.82) is 0 Å². The fraction of sp³-hybridized carbons (Fsp3) is 0.250. The number of anilines is 1. The van der Waals surface area contributed by atoms with E-state index < -0.39 is 30.8 Å². The minimum Gasteiger partial charge on any atom is -0.383 e. The van der Waals surface area contributed by atoms with Crippen molar-refractivity contribution in [3.63, 3.8) is 0 Å². The predicted molar refractivity (Wildman–Crippen MR) is 57.3 cm³/mol. The molecule has 0 spiro atoms. The Bertz CT molecular complexity index is 438. The van der Waals surface area contributed by atoms with Crippen molar-refractivity contribution in [2.45, 2.75) is 0 Å². The molecule has 0 bridgehead atoms. The van der Waals surface area contributed by atoms with Gasteiger partial charge in [-0.3, -0.25) is 19.5 Å². The second kappa shape index (κ2) is 4.96. The highest BCUT2D eigenvalue weighted by Gasteiger charge is 2.22. The molecule has 7 N–H and O–H groups in total. The summed E-state index contributed by atoms with van der Waals surface area (Å²) in [6, 6.07) is 0. The number of primary amides is 2. The van der Waals surface area contributed by atoms with E-state index in [1.165, 1.54) is 6.20 Å². The van der Waals surface area contributed by atoms with Crippen LogP contribution in [-0.4, -0.2) is 45.9 Å². The van der Waals surface area contributed by atoms with Crippen molar-refractivity contribution in [2.75, 3.05) is 18.8 Å². The molecule has 0 radical (unpaired) electrons. The van der Waals surface area contributed by atoms with Crippen LogP contribution in [0.2, 0.25) is 0 Å². The third-order valence-electron chi connectivity index (χ3n) is 1.88. The monoisotopic (exact) mass is 240 g/mol. The second-order valence-electron chi connectivity index (χ2n) is 3.29. The van der Waals surface area contributed by atoms with Crippen LogP contribution in [0.3, 0.4) is 0 Å². The Labute approximate surface area is 95.9 Å². The minimum atomic E-state index is -0.762. The quantitative estimate of drug-likeness (QED) is 0.443. The number of aromatic nitrogens is 2. The van der Waals surface area contributed by atoms with Crippen LogP contribution in [0.25, 0.3) is 0 Å². The number of hydrogen-bond acceptors (Lipinski definition) is 5. The number of aromatic amines is 1. The molecule has 1 heterocycles. The Balaban J connectivity index is 2.90. The Hall–Kier alpha value is -2.58. The van der Waals surface area contributed by atoms with Crippen LogP contribution >= 0.6 is 0 Å². The predicted octanol–water partition coefficient (Wildman–Crippen LogP) is -2.60. The molecule has 0 atom stereocenters. The SMILES string of the molecule is NC(=O)CN(CC(N)=O)C(=O)c1cn[nH]c1N. The molecule has 0 aliphatic heterocycles. The number of nitrogens with two attached hydrogens (primary N) is 3. The Morgan fingerprint density at radius 1 is 1.24 bits per heavy atom. The summed E-state index contributed by atoms with van der Waals surface area (Å²) in [6.45, 7) is -0.848. The van der Waals surface area contributed by atoms with E-state index in [2.05, 4.69) is 10.2 Å². The molecule has 1 aromatic rings. The zero-order chi connectivity index (χ0) is 13.0. The van der Waals surface area contributed by atoms with Crippen molar-refractivity contribution >= 4 is 23.5 Å². The molecular weight excluding hydrogens is 228 g/mol. The molecule has 0 aliphatic carbocycles. The fourth-order valence-electron chi connectivity index (χ4n) is 1.21. The van der Waals surface area contributed by atoms with Gasteiger partial charge in [-0.15, -0.1) is 0 Å². The van der Waals surface area contributed by atoms with E-state index in [-0.39, 0.29) is 11.4 Å². The first-order valence-corrected chi connectivity index (χ1v) is 4.56. The largest absolute Gasteiger partial charge is 0.383 e. The highest BCUT2D eigenvalue weighted by Crippen LogP contribution is 2.09. The number of amides is 3. The average Bonchev–Trinajstić information content (AvgIpc) is 2.61. The number of carbonyl (C=O) groups is 3. The molecule has 17 heavy (non-hydrogen) atoms. The van der Waals surface area contributed by atoms with Crippen LogP contribution in [0.5, 0.6) is 0 Å². The van der Waals surface area contributed by atoms with Crippen LogP contribution in [0.15, 0.2) is 6.20 Å². The smallest absolute Gasteiger partial charge is 0.260 e. The van der Waals surface area contributed by atoms with Gasteiger partial charge in [0.25, 0.3) is 5.91 Å². The van der Waals surface area contributed by atoms with E-state index in [1.54, 1.807) is 0 Å².